The molecule has 0 aliphatic carbocycles. The Hall–Kier alpha value is -7.99. The Labute approximate surface area is 432 Å². The molecule has 4 aromatic heterocycles. The van der Waals surface area contributed by atoms with Crippen LogP contribution >= 0.6 is 0 Å². The van der Waals surface area contributed by atoms with E-state index in [0.717, 1.165) is 33.6 Å². The number of H-pyrrole nitrogens is 2. The van der Waals surface area contributed by atoms with Crippen LogP contribution in [-0.2, 0) is 51.3 Å². The fourth-order valence-electron chi connectivity index (χ4n) is 9.56. The van der Waals surface area contributed by atoms with Gasteiger partial charge in [-0.15, -0.1) is 10.2 Å². The summed E-state index contributed by atoms with van der Waals surface area (Å²) in [4.78, 5) is 84.6. The number of nitrogens with zero attached hydrogens (tertiary/aromatic N) is 10. The third kappa shape index (κ3) is 11.7. The van der Waals surface area contributed by atoms with Gasteiger partial charge in [0.2, 0.25) is 11.8 Å². The van der Waals surface area contributed by atoms with Crippen molar-refractivity contribution in [1.29, 1.82) is 0 Å². The summed E-state index contributed by atoms with van der Waals surface area (Å²) in [6.45, 7) is 11.5. The second-order valence-electron chi connectivity index (χ2n) is 19.7. The van der Waals surface area contributed by atoms with Crippen LogP contribution in [0.5, 0.6) is 0 Å². The van der Waals surface area contributed by atoms with Crippen molar-refractivity contribution in [1.82, 2.24) is 70.4 Å². The molecule has 3 aliphatic heterocycles. The van der Waals surface area contributed by atoms with E-state index in [1.807, 2.05) is 89.3 Å². The van der Waals surface area contributed by atoms with Gasteiger partial charge in [0, 0.05) is 20.0 Å². The molecule has 7 heterocycles. The van der Waals surface area contributed by atoms with Crippen molar-refractivity contribution >= 4 is 30.0 Å². The van der Waals surface area contributed by atoms with Crippen molar-refractivity contribution in [2.45, 2.75) is 116 Å². The molecule has 3 unspecified atom stereocenters. The number of methoxy groups -OCH3 is 2. The zero-order valence-electron chi connectivity index (χ0n) is 43.0. The number of amides is 4. The van der Waals surface area contributed by atoms with Crippen LogP contribution in [0.1, 0.15) is 102 Å². The number of ether oxygens (including phenoxy) is 5. The van der Waals surface area contributed by atoms with Crippen molar-refractivity contribution in [3.05, 3.63) is 96.4 Å². The molecule has 3 fully saturated rings. The summed E-state index contributed by atoms with van der Waals surface area (Å²) in [6.07, 6.45) is 6.35. The molecule has 0 radical (unpaired) electrons. The van der Waals surface area contributed by atoms with E-state index < -0.39 is 42.3 Å². The number of carbonyl (C=O) groups is 5. The molecule has 4 amide bonds. The smallest absolute Gasteiger partial charge is 0.407 e. The van der Waals surface area contributed by atoms with Crippen LogP contribution in [0.3, 0.4) is 0 Å². The molecule has 3 saturated heterocycles. The Bertz CT molecular complexity index is 2980. The van der Waals surface area contributed by atoms with Crippen LogP contribution < -0.4 is 10.6 Å². The van der Waals surface area contributed by atoms with Crippen molar-refractivity contribution < 1.29 is 47.7 Å². The number of imidazole rings is 2. The first-order valence-electron chi connectivity index (χ1n) is 24.9. The highest BCUT2D eigenvalue weighted by Gasteiger charge is 2.44. The van der Waals surface area contributed by atoms with E-state index in [1.54, 1.807) is 37.8 Å². The molecule has 0 saturated carbocycles. The standard InChI is InChI=1S/C51H62N14O10/c1-27(2)43(56-50(69)71-7)47(67)62-23-37(64-21-35(58-60-64)25-73-30(6)66)17-41(62)45-52-19-39(54-45)33-13-9-31(10-14-33)32-11-15-34(16-12-32)40-20-53-46(55-40)42-18-38(65-22-36(59-61-65)26-74-49-29(5)75-49)24-63(42)48(68)44(28(3)4)57-51(70)72-8/h9-16,19-22,27-29,37-38,41-44,49H,17-18,23-26H2,1-8H3,(H,52,54)(H,53,55)(H,56,69)(H,57,70)/t29?,37-,38-,41-,42?,43-,44-,49?/m0/s1. The van der Waals surface area contributed by atoms with Gasteiger partial charge in [0.25, 0.3) is 0 Å². The monoisotopic (exact) mass is 1030 g/mol. The van der Waals surface area contributed by atoms with Crippen LogP contribution in [0.15, 0.2) is 73.3 Å². The van der Waals surface area contributed by atoms with Crippen molar-refractivity contribution in [2.75, 3.05) is 27.3 Å². The molecule has 24 heteroatoms. The highest BCUT2D eigenvalue weighted by Crippen LogP contribution is 2.40. The van der Waals surface area contributed by atoms with E-state index in [2.05, 4.69) is 41.2 Å². The van der Waals surface area contributed by atoms with Crippen LogP contribution in [-0.4, -0.2) is 141 Å². The van der Waals surface area contributed by atoms with E-state index >= 15 is 0 Å². The van der Waals surface area contributed by atoms with Gasteiger partial charge in [-0.2, -0.15) is 0 Å². The zero-order chi connectivity index (χ0) is 53.1. The van der Waals surface area contributed by atoms with Gasteiger partial charge in [0.1, 0.15) is 47.8 Å². The lowest BCUT2D eigenvalue weighted by molar-refractivity contribution is -0.142. The largest absolute Gasteiger partial charge is 0.459 e. The van der Waals surface area contributed by atoms with E-state index in [0.29, 0.717) is 42.4 Å². The van der Waals surface area contributed by atoms with Gasteiger partial charge in [-0.25, -0.2) is 28.9 Å². The minimum absolute atomic E-state index is 0.0286. The van der Waals surface area contributed by atoms with Crippen LogP contribution in [0.2, 0.25) is 0 Å². The predicted molar refractivity (Wildman–Crippen MR) is 266 cm³/mol. The number of likely N-dealkylation sites (tertiary alicyclic amines) is 2. The van der Waals surface area contributed by atoms with Crippen LogP contribution in [0.25, 0.3) is 33.6 Å². The summed E-state index contributed by atoms with van der Waals surface area (Å²) >= 11 is 0. The number of benzene rings is 2. The number of aromatic nitrogens is 10. The van der Waals surface area contributed by atoms with Crippen molar-refractivity contribution in [3.63, 3.8) is 0 Å². The molecule has 8 atom stereocenters. The molecule has 0 spiro atoms. The van der Waals surface area contributed by atoms with Gasteiger partial charge in [0.15, 0.2) is 6.29 Å². The van der Waals surface area contributed by atoms with Gasteiger partial charge in [-0.3, -0.25) is 14.4 Å². The summed E-state index contributed by atoms with van der Waals surface area (Å²) in [5, 5.41) is 22.6. The lowest BCUT2D eigenvalue weighted by Crippen LogP contribution is -2.51. The summed E-state index contributed by atoms with van der Waals surface area (Å²) in [6, 6.07) is 12.9. The number of carbonyl (C=O) groups excluding carboxylic acids is 5. The summed E-state index contributed by atoms with van der Waals surface area (Å²) in [5.74, 6) is -0.316. The highest BCUT2D eigenvalue weighted by atomic mass is 16.8. The Kier molecular flexibility index (Phi) is 15.4. The number of rotatable bonds is 18. The molecule has 24 nitrogen and oxygen atoms in total. The average molecular weight is 1030 g/mol. The second kappa shape index (κ2) is 22.2. The highest BCUT2D eigenvalue weighted by molar-refractivity contribution is 5.87. The number of hydrogen-bond donors (Lipinski definition) is 4. The molecule has 2 aromatic carbocycles. The number of alkyl carbamates (subject to hydrolysis) is 2. The fraction of sp³-hybridized carbons (Fsp3) is 0.471. The molecule has 396 valence electrons. The third-order valence-electron chi connectivity index (χ3n) is 13.8. The number of aromatic amines is 2. The molecular weight excluding hydrogens is 969 g/mol. The normalized spacial score (nSPS) is 21.0. The van der Waals surface area contributed by atoms with E-state index in [-0.39, 0.29) is 67.9 Å². The number of epoxide rings is 1. The molecule has 6 aromatic rings. The lowest BCUT2D eigenvalue weighted by atomic mass is 10.0. The maximum atomic E-state index is 14.3. The molecular formula is C51H62N14O10. The van der Waals surface area contributed by atoms with Crippen LogP contribution in [0.4, 0.5) is 9.59 Å². The SMILES string of the molecule is COC(=O)N[C@H](C(=O)N1C[C@@H](n2cc(COC3OC3C)nn2)CC1c1ncc(-c2ccc(-c3ccc(-c4cnc([C@@H]5C[C@H](n6cc(COC(C)=O)nn6)CN5C(=O)[C@@H](NC(=O)OC)C(C)C)[nH]4)cc3)cc2)[nH]1)C(C)C. The van der Waals surface area contributed by atoms with Crippen molar-refractivity contribution in [2.24, 2.45) is 11.8 Å². The molecule has 0 bridgehead atoms. The predicted octanol–water partition coefficient (Wildman–Crippen LogP) is 5.43. The number of nitrogens with one attached hydrogen (secondary N) is 4. The summed E-state index contributed by atoms with van der Waals surface area (Å²) in [7, 11) is 2.52. The molecule has 4 N–H and O–H groups in total. The Morgan fingerprint density at radius 1 is 0.667 bits per heavy atom. The number of esters is 1. The first kappa shape index (κ1) is 51.9. The molecule has 3 aliphatic rings. The summed E-state index contributed by atoms with van der Waals surface area (Å²) < 4.78 is 29.3. The Morgan fingerprint density at radius 3 is 1.47 bits per heavy atom. The van der Waals surface area contributed by atoms with Crippen molar-refractivity contribution in [3.8, 4) is 33.6 Å². The topological polar surface area (TPSA) is 284 Å². The van der Waals surface area contributed by atoms with Gasteiger partial charge < -0.3 is 54.1 Å². The first-order valence-corrected chi connectivity index (χ1v) is 24.9. The van der Waals surface area contributed by atoms with Gasteiger partial charge in [-0.1, -0.05) is 86.7 Å². The van der Waals surface area contributed by atoms with E-state index in [9.17, 15) is 24.0 Å². The Morgan fingerprint density at radius 2 is 1.08 bits per heavy atom. The van der Waals surface area contributed by atoms with Crippen LogP contribution in [0, 0.1) is 11.8 Å². The Balaban J connectivity index is 0.897. The van der Waals surface area contributed by atoms with Gasteiger partial charge >= 0.3 is 18.2 Å². The second-order valence-corrected chi connectivity index (χ2v) is 19.7. The summed E-state index contributed by atoms with van der Waals surface area (Å²) in [5.41, 5.74) is 6.36. The maximum Gasteiger partial charge on any atom is 0.407 e. The minimum atomic E-state index is -0.864. The third-order valence-corrected chi connectivity index (χ3v) is 13.8. The van der Waals surface area contributed by atoms with E-state index in [1.165, 1.54) is 21.1 Å². The average Bonchev–Trinajstić information content (AvgIpc) is 4.21. The van der Waals surface area contributed by atoms with Gasteiger partial charge in [0.05, 0.1) is 81.2 Å². The molecule has 75 heavy (non-hydrogen) atoms. The minimum Gasteiger partial charge on any atom is -0.459 e. The zero-order valence-corrected chi connectivity index (χ0v) is 43.0. The first-order chi connectivity index (χ1) is 36.1. The molecule has 9 rings (SSSR count). The lowest BCUT2D eigenvalue weighted by Gasteiger charge is -2.29. The van der Waals surface area contributed by atoms with E-state index in [4.69, 9.17) is 33.7 Å². The fourth-order valence-corrected chi connectivity index (χ4v) is 9.56. The number of hydrogen-bond acceptors (Lipinski definition) is 16. The quantitative estimate of drug-likeness (QED) is 0.0474. The maximum absolute atomic E-state index is 14.3. The van der Waals surface area contributed by atoms with Gasteiger partial charge in [-0.05, 0) is 53.9 Å².